The first-order chi connectivity index (χ1) is 10.2. The number of carbonyl (C=O) groups excluding carboxylic acids is 2. The Bertz CT molecular complexity index is 634. The summed E-state index contributed by atoms with van der Waals surface area (Å²) in [4.78, 5) is 22.3. The van der Waals surface area contributed by atoms with E-state index in [-0.39, 0.29) is 19.0 Å². The summed E-state index contributed by atoms with van der Waals surface area (Å²) in [7, 11) is 1.36. The highest BCUT2D eigenvalue weighted by Gasteiger charge is 2.09. The van der Waals surface area contributed by atoms with Gasteiger partial charge in [-0.1, -0.05) is 36.4 Å². The Labute approximate surface area is 123 Å². The number of para-hydroxylation sites is 1. The van der Waals surface area contributed by atoms with Gasteiger partial charge in [0.1, 0.15) is 12.4 Å². The predicted molar refractivity (Wildman–Crippen MR) is 78.3 cm³/mol. The van der Waals surface area contributed by atoms with Crippen molar-refractivity contribution in [3.63, 3.8) is 0 Å². The first-order valence-electron chi connectivity index (χ1n) is 6.55. The van der Waals surface area contributed by atoms with E-state index >= 15 is 0 Å². The molecule has 0 fully saturated rings. The van der Waals surface area contributed by atoms with Crippen molar-refractivity contribution in [1.29, 1.82) is 0 Å². The number of hydrogen-bond acceptors (Lipinski definition) is 4. The molecule has 0 aliphatic carbocycles. The molecule has 21 heavy (non-hydrogen) atoms. The topological polar surface area (TPSA) is 52.6 Å². The Morgan fingerprint density at radius 2 is 1.71 bits per heavy atom. The lowest BCUT2D eigenvalue weighted by atomic mass is 10.1. The highest BCUT2D eigenvalue weighted by Crippen LogP contribution is 2.19. The fourth-order valence-corrected chi connectivity index (χ4v) is 1.96. The lowest BCUT2D eigenvalue weighted by Crippen LogP contribution is -2.08. The van der Waals surface area contributed by atoms with E-state index in [1.165, 1.54) is 7.11 Å². The van der Waals surface area contributed by atoms with E-state index in [0.29, 0.717) is 11.3 Å². The maximum atomic E-state index is 11.4. The van der Waals surface area contributed by atoms with Gasteiger partial charge in [0, 0.05) is 0 Å². The molecule has 4 heteroatoms. The van der Waals surface area contributed by atoms with Crippen LogP contribution in [0.25, 0.3) is 0 Å². The lowest BCUT2D eigenvalue weighted by molar-refractivity contribution is -0.139. The summed E-state index contributed by atoms with van der Waals surface area (Å²) in [5.74, 6) is 0.233. The van der Waals surface area contributed by atoms with Crippen molar-refractivity contribution in [3.05, 3.63) is 65.2 Å². The summed E-state index contributed by atoms with van der Waals surface area (Å²) in [5, 5.41) is 0. The Kier molecular flexibility index (Phi) is 5.10. The Morgan fingerprint density at radius 1 is 1.05 bits per heavy atom. The van der Waals surface area contributed by atoms with Gasteiger partial charge in [-0.2, -0.15) is 0 Å². The SMILES string of the molecule is COC(=O)Cc1ccccc1COc1ccccc1C=O. The number of carbonyl (C=O) groups is 2. The van der Waals surface area contributed by atoms with E-state index in [9.17, 15) is 9.59 Å². The van der Waals surface area contributed by atoms with Gasteiger partial charge in [0.05, 0.1) is 19.1 Å². The normalized spacial score (nSPS) is 9.95. The van der Waals surface area contributed by atoms with E-state index in [0.717, 1.165) is 17.4 Å². The molecule has 0 aromatic heterocycles. The molecule has 0 bridgehead atoms. The molecule has 0 radical (unpaired) electrons. The predicted octanol–water partition coefficient (Wildman–Crippen LogP) is 2.79. The van der Waals surface area contributed by atoms with Gasteiger partial charge in [-0.15, -0.1) is 0 Å². The van der Waals surface area contributed by atoms with E-state index in [2.05, 4.69) is 4.74 Å². The molecule has 0 spiro atoms. The van der Waals surface area contributed by atoms with Crippen molar-refractivity contribution in [2.75, 3.05) is 7.11 Å². The maximum absolute atomic E-state index is 11.4. The number of ether oxygens (including phenoxy) is 2. The molecule has 2 aromatic carbocycles. The van der Waals surface area contributed by atoms with Gasteiger partial charge in [-0.05, 0) is 23.3 Å². The molecule has 0 N–H and O–H groups in total. The van der Waals surface area contributed by atoms with Crippen molar-refractivity contribution in [2.45, 2.75) is 13.0 Å². The first-order valence-corrected chi connectivity index (χ1v) is 6.55. The van der Waals surface area contributed by atoms with Gasteiger partial charge in [-0.3, -0.25) is 9.59 Å². The summed E-state index contributed by atoms with van der Waals surface area (Å²) in [6.07, 6.45) is 0.959. The fourth-order valence-electron chi connectivity index (χ4n) is 1.96. The van der Waals surface area contributed by atoms with Gasteiger partial charge < -0.3 is 9.47 Å². The average molecular weight is 284 g/mol. The largest absolute Gasteiger partial charge is 0.488 e. The first kappa shape index (κ1) is 14.8. The van der Waals surface area contributed by atoms with Crippen LogP contribution in [0, 0.1) is 0 Å². The zero-order chi connectivity index (χ0) is 15.1. The standard InChI is InChI=1S/C17H16O4/c1-20-17(19)10-13-6-2-3-8-15(13)12-21-16-9-5-4-7-14(16)11-18/h2-9,11H,10,12H2,1H3. The van der Waals surface area contributed by atoms with Crippen molar-refractivity contribution in [3.8, 4) is 5.75 Å². The second kappa shape index (κ2) is 7.24. The van der Waals surface area contributed by atoms with Crippen LogP contribution in [0.2, 0.25) is 0 Å². The summed E-state index contributed by atoms with van der Waals surface area (Å²) in [5.41, 5.74) is 2.25. The maximum Gasteiger partial charge on any atom is 0.309 e. The quantitative estimate of drug-likeness (QED) is 0.604. The summed E-state index contributed by atoms with van der Waals surface area (Å²) >= 11 is 0. The Balaban J connectivity index is 2.13. The van der Waals surface area contributed by atoms with Gasteiger partial charge in [0.25, 0.3) is 0 Å². The third-order valence-electron chi connectivity index (χ3n) is 3.11. The number of aldehydes is 1. The molecule has 0 amide bonds. The molecule has 108 valence electrons. The molecule has 0 aliphatic rings. The molecule has 0 atom stereocenters. The highest BCUT2D eigenvalue weighted by molar-refractivity contribution is 5.79. The summed E-state index contributed by atoms with van der Waals surface area (Å²) in [6.45, 7) is 0.290. The smallest absolute Gasteiger partial charge is 0.309 e. The molecule has 0 saturated heterocycles. The third kappa shape index (κ3) is 3.92. The molecule has 0 unspecified atom stereocenters. The summed E-state index contributed by atoms with van der Waals surface area (Å²) < 4.78 is 10.4. The van der Waals surface area contributed by atoms with Gasteiger partial charge in [-0.25, -0.2) is 0 Å². The number of esters is 1. The highest BCUT2D eigenvalue weighted by atomic mass is 16.5. The Morgan fingerprint density at radius 3 is 2.43 bits per heavy atom. The molecule has 0 saturated carbocycles. The van der Waals surface area contributed by atoms with E-state index in [4.69, 9.17) is 4.74 Å². The minimum atomic E-state index is -0.296. The molecule has 2 rings (SSSR count). The number of rotatable bonds is 6. The van der Waals surface area contributed by atoms with Crippen LogP contribution in [-0.4, -0.2) is 19.4 Å². The van der Waals surface area contributed by atoms with Crippen LogP contribution in [0.5, 0.6) is 5.75 Å². The van der Waals surface area contributed by atoms with E-state index < -0.39 is 0 Å². The van der Waals surface area contributed by atoms with Crippen molar-refractivity contribution < 1.29 is 19.1 Å². The second-order valence-corrected chi connectivity index (χ2v) is 4.47. The van der Waals surface area contributed by atoms with Crippen LogP contribution in [0.1, 0.15) is 21.5 Å². The third-order valence-corrected chi connectivity index (χ3v) is 3.11. The second-order valence-electron chi connectivity index (χ2n) is 4.47. The van der Waals surface area contributed by atoms with Gasteiger partial charge in [0.2, 0.25) is 0 Å². The monoisotopic (exact) mass is 284 g/mol. The zero-order valence-corrected chi connectivity index (χ0v) is 11.7. The molecular weight excluding hydrogens is 268 g/mol. The number of hydrogen-bond donors (Lipinski definition) is 0. The van der Waals surface area contributed by atoms with Crippen molar-refractivity contribution in [1.82, 2.24) is 0 Å². The minimum absolute atomic E-state index is 0.200. The number of benzene rings is 2. The minimum Gasteiger partial charge on any atom is -0.488 e. The van der Waals surface area contributed by atoms with Crippen LogP contribution in [0.3, 0.4) is 0 Å². The lowest BCUT2D eigenvalue weighted by Gasteiger charge is -2.11. The van der Waals surface area contributed by atoms with Crippen LogP contribution in [0.4, 0.5) is 0 Å². The molecular formula is C17H16O4. The van der Waals surface area contributed by atoms with Crippen LogP contribution < -0.4 is 4.74 Å². The average Bonchev–Trinajstić information content (AvgIpc) is 2.54. The molecule has 2 aromatic rings. The molecule has 0 heterocycles. The van der Waals surface area contributed by atoms with Crippen molar-refractivity contribution in [2.24, 2.45) is 0 Å². The van der Waals surface area contributed by atoms with Gasteiger partial charge in [0.15, 0.2) is 6.29 Å². The molecule has 0 aliphatic heterocycles. The van der Waals surface area contributed by atoms with E-state index in [1.54, 1.807) is 18.2 Å². The van der Waals surface area contributed by atoms with Crippen molar-refractivity contribution >= 4 is 12.3 Å². The van der Waals surface area contributed by atoms with Crippen LogP contribution in [0.15, 0.2) is 48.5 Å². The van der Waals surface area contributed by atoms with Crippen LogP contribution in [-0.2, 0) is 22.6 Å². The zero-order valence-electron chi connectivity index (χ0n) is 11.7. The van der Waals surface area contributed by atoms with Gasteiger partial charge >= 0.3 is 5.97 Å². The van der Waals surface area contributed by atoms with E-state index in [1.807, 2.05) is 30.3 Å². The number of methoxy groups -OCH3 is 1. The van der Waals surface area contributed by atoms with Crippen LogP contribution >= 0.6 is 0 Å². The Hall–Kier alpha value is -2.62. The summed E-state index contributed by atoms with van der Waals surface area (Å²) in [6, 6.07) is 14.5. The molecule has 4 nitrogen and oxygen atoms in total. The fraction of sp³-hybridized carbons (Fsp3) is 0.176.